The van der Waals surface area contributed by atoms with Gasteiger partial charge in [0.1, 0.15) is 13.2 Å². The fourth-order valence-corrected chi connectivity index (χ4v) is 5.32. The maximum atomic E-state index is 12.8. The summed E-state index contributed by atoms with van der Waals surface area (Å²) < 4.78 is 11.3. The Morgan fingerprint density at radius 2 is 1.83 bits per heavy atom. The average molecular weight is 556 g/mol. The summed E-state index contributed by atoms with van der Waals surface area (Å²) in [5.41, 5.74) is 1.26. The zero-order valence-corrected chi connectivity index (χ0v) is 21.8. The molecule has 0 saturated carbocycles. The lowest BCUT2D eigenvalue weighted by molar-refractivity contribution is -0.135. The van der Waals surface area contributed by atoms with Crippen LogP contribution in [0.5, 0.6) is 11.5 Å². The van der Waals surface area contributed by atoms with Crippen molar-refractivity contribution >= 4 is 69.7 Å². The van der Waals surface area contributed by atoms with Gasteiger partial charge in [0.2, 0.25) is 5.91 Å². The summed E-state index contributed by atoms with van der Waals surface area (Å²) in [5, 5.41) is 0.752. The van der Waals surface area contributed by atoms with Gasteiger partial charge >= 0.3 is 0 Å². The number of imide groups is 1. The first-order valence-corrected chi connectivity index (χ1v) is 12.7. The van der Waals surface area contributed by atoms with E-state index < -0.39 is 11.1 Å². The molecule has 2 saturated heterocycles. The third-order valence-corrected chi connectivity index (χ3v) is 7.34. The summed E-state index contributed by atoms with van der Waals surface area (Å²) in [4.78, 5) is 40.5. The average Bonchev–Trinajstić information content (AvgIpc) is 3.44. The zero-order chi connectivity index (χ0) is 25.1. The van der Waals surface area contributed by atoms with E-state index in [1.54, 1.807) is 41.3 Å². The molecule has 11 heteroatoms. The highest BCUT2D eigenvalue weighted by molar-refractivity contribution is 8.18. The summed E-state index contributed by atoms with van der Waals surface area (Å²) in [5.74, 6) is -0.0858. The van der Waals surface area contributed by atoms with Gasteiger partial charge in [0.05, 0.1) is 17.0 Å². The highest BCUT2D eigenvalue weighted by Gasteiger charge is 2.37. The van der Waals surface area contributed by atoms with Crippen molar-refractivity contribution in [2.75, 3.05) is 26.7 Å². The van der Waals surface area contributed by atoms with Crippen molar-refractivity contribution in [2.24, 2.45) is 0 Å². The van der Waals surface area contributed by atoms with Crippen LogP contribution in [0.1, 0.15) is 24.0 Å². The quantitative estimate of drug-likeness (QED) is 0.396. The Hall–Kier alpha value is -2.39. The molecule has 2 fully saturated rings. The molecule has 0 aliphatic carbocycles. The molecule has 0 bridgehead atoms. The van der Waals surface area contributed by atoms with Crippen LogP contribution in [0, 0.1) is 0 Å². The second-order valence-corrected chi connectivity index (χ2v) is 10.2. The van der Waals surface area contributed by atoms with Crippen LogP contribution in [-0.2, 0) is 16.2 Å². The third-order valence-electron chi connectivity index (χ3n) is 5.56. The molecule has 0 unspecified atom stereocenters. The topological polar surface area (TPSA) is 76.2 Å². The summed E-state index contributed by atoms with van der Waals surface area (Å²) in [6.07, 6.45) is 3.41. The maximum Gasteiger partial charge on any atom is 0.294 e. The fraction of sp³-hybridized carbons (Fsp3) is 0.292. The molecule has 184 valence electrons. The number of amides is 3. The van der Waals surface area contributed by atoms with E-state index in [0.29, 0.717) is 40.2 Å². The molecule has 0 N–H and O–H groups in total. The Labute approximate surface area is 221 Å². The largest absolute Gasteiger partial charge is 0.493 e. The Balaban J connectivity index is 1.50. The predicted octanol–water partition coefficient (Wildman–Crippen LogP) is 5.89. The van der Waals surface area contributed by atoms with Gasteiger partial charge in [-0.3, -0.25) is 19.3 Å². The van der Waals surface area contributed by atoms with Crippen molar-refractivity contribution in [1.82, 2.24) is 9.80 Å². The number of nitrogens with zero attached hydrogens (tertiary/aromatic N) is 2. The van der Waals surface area contributed by atoms with Crippen LogP contribution < -0.4 is 9.47 Å². The van der Waals surface area contributed by atoms with Crippen molar-refractivity contribution in [2.45, 2.75) is 19.4 Å². The van der Waals surface area contributed by atoms with E-state index in [0.717, 1.165) is 35.1 Å². The molecule has 0 spiro atoms. The van der Waals surface area contributed by atoms with Crippen LogP contribution in [0.2, 0.25) is 15.1 Å². The predicted molar refractivity (Wildman–Crippen MR) is 137 cm³/mol. The van der Waals surface area contributed by atoms with Crippen LogP contribution in [0.3, 0.4) is 0 Å². The second-order valence-electron chi connectivity index (χ2n) is 7.91. The van der Waals surface area contributed by atoms with E-state index in [1.165, 1.54) is 7.11 Å². The molecule has 4 rings (SSSR count). The fourth-order valence-electron chi connectivity index (χ4n) is 3.74. The lowest BCUT2D eigenvalue weighted by Crippen LogP contribution is -2.40. The van der Waals surface area contributed by atoms with Crippen LogP contribution in [0.4, 0.5) is 4.79 Å². The van der Waals surface area contributed by atoms with E-state index >= 15 is 0 Å². The van der Waals surface area contributed by atoms with E-state index in [1.807, 2.05) is 0 Å². The van der Waals surface area contributed by atoms with E-state index in [-0.39, 0.29) is 29.0 Å². The minimum atomic E-state index is -0.514. The van der Waals surface area contributed by atoms with Crippen molar-refractivity contribution in [1.29, 1.82) is 0 Å². The Kier molecular flexibility index (Phi) is 8.16. The molecular weight excluding hydrogens is 535 g/mol. The van der Waals surface area contributed by atoms with Crippen molar-refractivity contribution in [3.8, 4) is 11.5 Å². The smallest absolute Gasteiger partial charge is 0.294 e. The third kappa shape index (κ3) is 5.89. The molecule has 0 radical (unpaired) electrons. The van der Waals surface area contributed by atoms with Gasteiger partial charge in [-0.1, -0.05) is 40.9 Å². The number of hydrogen-bond acceptors (Lipinski definition) is 6. The van der Waals surface area contributed by atoms with Crippen LogP contribution in [0.25, 0.3) is 6.08 Å². The highest BCUT2D eigenvalue weighted by atomic mass is 35.5. The van der Waals surface area contributed by atoms with Gasteiger partial charge in [0.25, 0.3) is 11.1 Å². The van der Waals surface area contributed by atoms with Gasteiger partial charge in [-0.25, -0.2) is 0 Å². The van der Waals surface area contributed by atoms with Crippen LogP contribution in [-0.4, -0.2) is 53.6 Å². The molecule has 0 aromatic heterocycles. The molecule has 2 aliphatic rings. The summed E-state index contributed by atoms with van der Waals surface area (Å²) in [6, 6.07) is 8.33. The number of hydrogen-bond donors (Lipinski definition) is 0. The summed E-state index contributed by atoms with van der Waals surface area (Å²) >= 11 is 19.4. The lowest BCUT2D eigenvalue weighted by atomic mass is 10.1. The van der Waals surface area contributed by atoms with Gasteiger partial charge in [-0.05, 0) is 60.5 Å². The van der Waals surface area contributed by atoms with Crippen molar-refractivity contribution < 1.29 is 23.9 Å². The summed E-state index contributed by atoms with van der Waals surface area (Å²) in [7, 11) is 1.47. The van der Waals surface area contributed by atoms with Crippen molar-refractivity contribution in [3.05, 3.63) is 61.4 Å². The van der Waals surface area contributed by atoms with Gasteiger partial charge < -0.3 is 14.4 Å². The molecule has 2 aliphatic heterocycles. The first-order chi connectivity index (χ1) is 16.8. The number of halogens is 3. The van der Waals surface area contributed by atoms with Gasteiger partial charge in [0.15, 0.2) is 11.5 Å². The maximum absolute atomic E-state index is 12.8. The lowest BCUT2D eigenvalue weighted by Gasteiger charge is -2.18. The minimum absolute atomic E-state index is 0.134. The SMILES string of the molecule is COc1cc(/C=C2/SC(=O)N(CC(=O)N3CCCC3)C2=O)cc(Cl)c1OCc1ccc(Cl)cc1Cl. The number of carbonyl (C=O) groups excluding carboxylic acids is 3. The van der Waals surface area contributed by atoms with Gasteiger partial charge in [-0.15, -0.1) is 0 Å². The van der Waals surface area contributed by atoms with Crippen molar-refractivity contribution in [3.63, 3.8) is 0 Å². The molecule has 2 heterocycles. The van der Waals surface area contributed by atoms with E-state index in [9.17, 15) is 14.4 Å². The number of carbonyl (C=O) groups is 3. The standard InChI is InChI=1S/C24H21Cl3N2O5S/c1-33-19-9-14(8-18(27)22(19)34-13-15-4-5-16(25)11-17(15)26)10-20-23(31)29(24(32)35-20)12-21(30)28-6-2-3-7-28/h4-5,8-11H,2-3,6-7,12-13H2,1H3/b20-10+. The molecule has 3 amide bonds. The van der Waals surface area contributed by atoms with Crippen LogP contribution >= 0.6 is 46.6 Å². The first-order valence-electron chi connectivity index (χ1n) is 10.7. The number of thioether (sulfide) groups is 1. The Morgan fingerprint density at radius 1 is 1.09 bits per heavy atom. The van der Waals surface area contributed by atoms with E-state index in [2.05, 4.69) is 0 Å². The first kappa shape index (κ1) is 25.7. The molecule has 35 heavy (non-hydrogen) atoms. The molecule has 0 atom stereocenters. The van der Waals surface area contributed by atoms with E-state index in [4.69, 9.17) is 44.3 Å². The van der Waals surface area contributed by atoms with Crippen LogP contribution in [0.15, 0.2) is 35.2 Å². The molecule has 7 nitrogen and oxygen atoms in total. The number of ether oxygens (including phenoxy) is 2. The molecule has 2 aromatic rings. The second kappa shape index (κ2) is 11.1. The highest BCUT2D eigenvalue weighted by Crippen LogP contribution is 2.39. The minimum Gasteiger partial charge on any atom is -0.493 e. The molecular formula is C24H21Cl3N2O5S. The number of methoxy groups -OCH3 is 1. The summed E-state index contributed by atoms with van der Waals surface area (Å²) in [6.45, 7) is 1.19. The number of rotatable bonds is 7. The number of likely N-dealkylation sites (tertiary alicyclic amines) is 1. The molecule has 2 aromatic carbocycles. The Morgan fingerprint density at radius 3 is 2.51 bits per heavy atom. The number of benzene rings is 2. The normalized spacial score (nSPS) is 17.0. The zero-order valence-electron chi connectivity index (χ0n) is 18.7. The monoisotopic (exact) mass is 554 g/mol. The van der Waals surface area contributed by atoms with Gasteiger partial charge in [-0.2, -0.15) is 0 Å². The van der Waals surface area contributed by atoms with Gasteiger partial charge in [0, 0.05) is 28.7 Å². The Bertz CT molecular complexity index is 1210.